The van der Waals surface area contributed by atoms with E-state index in [4.69, 9.17) is 14.2 Å². The van der Waals surface area contributed by atoms with Crippen molar-refractivity contribution in [3.8, 4) is 0 Å². The first-order valence-electron chi connectivity index (χ1n) is 4.05. The fourth-order valence-corrected chi connectivity index (χ4v) is 0.941. The first-order chi connectivity index (χ1) is 5.53. The molecule has 0 aliphatic carbocycles. The van der Waals surface area contributed by atoms with Crippen LogP contribution in [-0.2, 0) is 19.0 Å². The van der Waals surface area contributed by atoms with Crippen LogP contribution >= 0.6 is 0 Å². The zero-order valence-corrected chi connectivity index (χ0v) is 7.62. The van der Waals surface area contributed by atoms with Gasteiger partial charge in [-0.15, -0.1) is 0 Å². The summed E-state index contributed by atoms with van der Waals surface area (Å²) >= 11 is 0. The molecule has 0 aromatic heterocycles. The molecule has 0 amide bonds. The van der Waals surface area contributed by atoms with Crippen LogP contribution in [0.15, 0.2) is 0 Å². The summed E-state index contributed by atoms with van der Waals surface area (Å²) in [6, 6.07) is 0. The van der Waals surface area contributed by atoms with Gasteiger partial charge in [0.05, 0.1) is 0 Å². The molecule has 0 aromatic rings. The predicted molar refractivity (Wildman–Crippen MR) is 41.3 cm³/mol. The van der Waals surface area contributed by atoms with E-state index in [1.54, 1.807) is 20.8 Å². The third-order valence-corrected chi connectivity index (χ3v) is 1.53. The van der Waals surface area contributed by atoms with E-state index in [-0.39, 0.29) is 5.97 Å². The lowest BCUT2D eigenvalue weighted by molar-refractivity contribution is -0.197. The van der Waals surface area contributed by atoms with Gasteiger partial charge in [0.15, 0.2) is 5.79 Å². The van der Waals surface area contributed by atoms with Gasteiger partial charge in [-0.25, -0.2) is 0 Å². The monoisotopic (exact) mass is 174 g/mol. The highest BCUT2D eigenvalue weighted by molar-refractivity contribution is 5.68. The fraction of sp³-hybridized carbons (Fsp3) is 0.875. The Morgan fingerprint density at radius 3 is 2.75 bits per heavy atom. The average Bonchev–Trinajstić information content (AvgIpc) is 2.30. The molecule has 1 heterocycles. The van der Waals surface area contributed by atoms with Crippen LogP contribution in [-0.4, -0.2) is 24.7 Å². The largest absolute Gasteiger partial charge is 0.433 e. The van der Waals surface area contributed by atoms with Crippen LogP contribution in [0, 0.1) is 0 Å². The van der Waals surface area contributed by atoms with Crippen molar-refractivity contribution >= 4 is 5.97 Å². The first-order valence-corrected chi connectivity index (χ1v) is 4.05. The van der Waals surface area contributed by atoms with Gasteiger partial charge < -0.3 is 14.2 Å². The van der Waals surface area contributed by atoms with Crippen molar-refractivity contribution < 1.29 is 19.0 Å². The molecule has 4 nitrogen and oxygen atoms in total. The summed E-state index contributed by atoms with van der Waals surface area (Å²) in [6.45, 7) is 5.63. The molecule has 0 saturated carbocycles. The number of ether oxygens (including phenoxy) is 3. The molecule has 1 fully saturated rings. The lowest BCUT2D eigenvalue weighted by Crippen LogP contribution is -2.24. The summed E-state index contributed by atoms with van der Waals surface area (Å²) in [5.41, 5.74) is 0. The van der Waals surface area contributed by atoms with Gasteiger partial charge in [-0.2, -0.15) is 0 Å². The van der Waals surface area contributed by atoms with Gasteiger partial charge in [-0.1, -0.05) is 6.92 Å². The second-order valence-corrected chi connectivity index (χ2v) is 3.10. The molecule has 1 atom stereocenters. The van der Waals surface area contributed by atoms with E-state index in [0.29, 0.717) is 13.0 Å². The average molecular weight is 174 g/mol. The third kappa shape index (κ3) is 2.46. The van der Waals surface area contributed by atoms with E-state index in [9.17, 15) is 4.79 Å². The second-order valence-electron chi connectivity index (χ2n) is 3.10. The number of carbonyl (C=O) groups is 1. The maximum atomic E-state index is 10.8. The molecular formula is C8H14O4. The Morgan fingerprint density at radius 1 is 1.67 bits per heavy atom. The van der Waals surface area contributed by atoms with E-state index < -0.39 is 12.1 Å². The molecule has 0 aromatic carbocycles. The Hall–Kier alpha value is -0.610. The first kappa shape index (κ1) is 9.48. The van der Waals surface area contributed by atoms with E-state index in [1.165, 1.54) is 0 Å². The molecule has 0 N–H and O–H groups in total. The van der Waals surface area contributed by atoms with Crippen molar-refractivity contribution in [2.24, 2.45) is 0 Å². The summed E-state index contributed by atoms with van der Waals surface area (Å²) in [5.74, 6) is -0.889. The van der Waals surface area contributed by atoms with Gasteiger partial charge in [0, 0.05) is 6.42 Å². The van der Waals surface area contributed by atoms with Crippen molar-refractivity contribution in [2.45, 2.75) is 39.3 Å². The van der Waals surface area contributed by atoms with E-state index in [1.807, 2.05) is 0 Å². The van der Waals surface area contributed by atoms with Gasteiger partial charge in [-0.05, 0) is 13.8 Å². The minimum absolute atomic E-state index is 0.263. The normalized spacial score (nSPS) is 27.1. The number of hydrogen-bond donors (Lipinski definition) is 0. The molecule has 0 spiro atoms. The van der Waals surface area contributed by atoms with E-state index >= 15 is 0 Å². The van der Waals surface area contributed by atoms with Gasteiger partial charge >= 0.3 is 5.97 Å². The highest BCUT2D eigenvalue weighted by atomic mass is 16.8. The standard InChI is InChI=1S/C8H14O4/c1-4-6(9)11-7-5-10-8(2,3)12-7/h7H,4-5H2,1-3H3. The molecular weight excluding hydrogens is 160 g/mol. The predicted octanol–water partition coefficient (Wildman–Crippen LogP) is 1.05. The summed E-state index contributed by atoms with van der Waals surface area (Å²) < 4.78 is 15.4. The Labute approximate surface area is 71.8 Å². The van der Waals surface area contributed by atoms with Crippen LogP contribution in [0.25, 0.3) is 0 Å². The van der Waals surface area contributed by atoms with Crippen LogP contribution in [0.2, 0.25) is 0 Å². The van der Waals surface area contributed by atoms with Crippen LogP contribution in [0.1, 0.15) is 27.2 Å². The molecule has 1 unspecified atom stereocenters. The molecule has 1 saturated heterocycles. The SMILES string of the molecule is CCC(=O)OC1COC(C)(C)O1. The van der Waals surface area contributed by atoms with Crippen molar-refractivity contribution in [3.63, 3.8) is 0 Å². The molecule has 12 heavy (non-hydrogen) atoms. The maximum absolute atomic E-state index is 10.8. The summed E-state index contributed by atoms with van der Waals surface area (Å²) in [5, 5.41) is 0. The molecule has 4 heteroatoms. The van der Waals surface area contributed by atoms with Crippen LogP contribution in [0.5, 0.6) is 0 Å². The van der Waals surface area contributed by atoms with E-state index in [0.717, 1.165) is 0 Å². The fourth-order valence-electron chi connectivity index (χ4n) is 0.941. The van der Waals surface area contributed by atoms with Crippen molar-refractivity contribution in [2.75, 3.05) is 6.61 Å². The lowest BCUT2D eigenvalue weighted by Gasteiger charge is -2.16. The third-order valence-electron chi connectivity index (χ3n) is 1.53. The Kier molecular flexibility index (Phi) is 2.69. The van der Waals surface area contributed by atoms with Gasteiger partial charge in [0.1, 0.15) is 6.61 Å². The van der Waals surface area contributed by atoms with Crippen LogP contribution in [0.3, 0.4) is 0 Å². The molecule has 1 aliphatic rings. The summed E-state index contributed by atoms with van der Waals surface area (Å²) in [6.07, 6.45) is -0.173. The number of esters is 1. The summed E-state index contributed by atoms with van der Waals surface area (Å²) in [7, 11) is 0. The molecule has 1 rings (SSSR count). The Balaban J connectivity index is 2.33. The molecule has 0 radical (unpaired) electrons. The zero-order valence-electron chi connectivity index (χ0n) is 7.62. The topological polar surface area (TPSA) is 44.8 Å². The highest BCUT2D eigenvalue weighted by Gasteiger charge is 2.34. The molecule has 1 aliphatic heterocycles. The van der Waals surface area contributed by atoms with Gasteiger partial charge in [0.25, 0.3) is 0 Å². The maximum Gasteiger partial charge on any atom is 0.307 e. The van der Waals surface area contributed by atoms with Crippen molar-refractivity contribution in [3.05, 3.63) is 0 Å². The minimum Gasteiger partial charge on any atom is -0.433 e. The zero-order chi connectivity index (χ0) is 9.19. The van der Waals surface area contributed by atoms with Crippen LogP contribution < -0.4 is 0 Å². The smallest absolute Gasteiger partial charge is 0.307 e. The van der Waals surface area contributed by atoms with Crippen molar-refractivity contribution in [1.29, 1.82) is 0 Å². The van der Waals surface area contributed by atoms with Crippen molar-refractivity contribution in [1.82, 2.24) is 0 Å². The Bertz CT molecular complexity index is 176. The molecule has 70 valence electrons. The van der Waals surface area contributed by atoms with E-state index in [2.05, 4.69) is 0 Å². The Morgan fingerprint density at radius 2 is 2.33 bits per heavy atom. The van der Waals surface area contributed by atoms with Gasteiger partial charge in [0.2, 0.25) is 6.29 Å². The van der Waals surface area contributed by atoms with Gasteiger partial charge in [-0.3, -0.25) is 4.79 Å². The quantitative estimate of drug-likeness (QED) is 0.587. The molecule has 0 bridgehead atoms. The summed E-state index contributed by atoms with van der Waals surface area (Å²) in [4.78, 5) is 10.8. The highest BCUT2D eigenvalue weighted by Crippen LogP contribution is 2.22. The van der Waals surface area contributed by atoms with Crippen LogP contribution in [0.4, 0.5) is 0 Å². The minimum atomic E-state index is -0.626. The number of hydrogen-bond acceptors (Lipinski definition) is 4. The lowest BCUT2D eigenvalue weighted by atomic mass is 10.4. The number of rotatable bonds is 2. The second kappa shape index (κ2) is 3.41. The number of carbonyl (C=O) groups excluding carboxylic acids is 1.